The van der Waals surface area contributed by atoms with E-state index in [0.29, 0.717) is 11.6 Å². The van der Waals surface area contributed by atoms with Crippen LogP contribution in [0.5, 0.6) is 0 Å². The number of hydrogen-bond donors (Lipinski definition) is 2. The van der Waals surface area contributed by atoms with E-state index in [-0.39, 0.29) is 11.9 Å². The number of rotatable bonds is 7. The fourth-order valence-electron chi connectivity index (χ4n) is 2.57. The number of hydrogen-bond acceptors (Lipinski definition) is 5. The smallest absolute Gasteiger partial charge is 0.274 e. The molecule has 0 bridgehead atoms. The van der Waals surface area contributed by atoms with E-state index in [9.17, 15) is 4.79 Å². The highest BCUT2D eigenvalue weighted by atomic mass is 16.1. The van der Waals surface area contributed by atoms with Crippen molar-refractivity contribution in [2.75, 3.05) is 28.6 Å². The lowest BCUT2D eigenvalue weighted by molar-refractivity contribution is 0.102. The Morgan fingerprint density at radius 3 is 2.52 bits per heavy atom. The van der Waals surface area contributed by atoms with Crippen molar-refractivity contribution in [2.45, 2.75) is 40.7 Å². The highest BCUT2D eigenvalue weighted by molar-refractivity contribution is 6.03. The third kappa shape index (κ3) is 4.92. The number of carbonyl (C=O) groups excluding carboxylic acids is 1. The number of nitrogens with one attached hydrogen (secondary N) is 2. The molecule has 6 nitrogen and oxygen atoms in total. The molecule has 1 aromatic heterocycles. The summed E-state index contributed by atoms with van der Waals surface area (Å²) >= 11 is 0. The van der Waals surface area contributed by atoms with Gasteiger partial charge in [0.15, 0.2) is 0 Å². The quantitative estimate of drug-likeness (QED) is 0.803. The molecular formula is C19H27N5O. The largest absolute Gasteiger partial charge is 0.372 e. The first-order valence-electron chi connectivity index (χ1n) is 8.71. The van der Waals surface area contributed by atoms with Crippen LogP contribution in [-0.4, -0.2) is 35.0 Å². The number of aromatic nitrogens is 2. The Hall–Kier alpha value is -2.63. The number of anilines is 3. The minimum Gasteiger partial charge on any atom is -0.372 e. The SMILES string of the molecule is CCN(CC)c1ccc(NC(=O)c2ccnc(NC(C)C)n2)c(C)c1. The molecule has 134 valence electrons. The van der Waals surface area contributed by atoms with Crippen LogP contribution in [0.2, 0.25) is 0 Å². The van der Waals surface area contributed by atoms with E-state index in [1.165, 1.54) is 0 Å². The second-order valence-corrected chi connectivity index (χ2v) is 6.19. The first-order chi connectivity index (χ1) is 11.9. The average Bonchev–Trinajstić information content (AvgIpc) is 2.58. The fraction of sp³-hybridized carbons (Fsp3) is 0.421. The molecule has 1 aromatic carbocycles. The number of carbonyl (C=O) groups is 1. The molecule has 0 radical (unpaired) electrons. The van der Waals surface area contributed by atoms with Crippen molar-refractivity contribution in [2.24, 2.45) is 0 Å². The van der Waals surface area contributed by atoms with Gasteiger partial charge in [-0.2, -0.15) is 0 Å². The molecule has 0 atom stereocenters. The van der Waals surface area contributed by atoms with E-state index in [1.807, 2.05) is 32.9 Å². The first kappa shape index (κ1) is 18.7. The molecule has 2 rings (SSSR count). The lowest BCUT2D eigenvalue weighted by Gasteiger charge is -2.22. The van der Waals surface area contributed by atoms with Crippen molar-refractivity contribution >= 4 is 23.2 Å². The zero-order chi connectivity index (χ0) is 18.4. The van der Waals surface area contributed by atoms with Gasteiger partial charge in [0.2, 0.25) is 5.95 Å². The zero-order valence-corrected chi connectivity index (χ0v) is 15.6. The molecule has 0 aliphatic carbocycles. The van der Waals surface area contributed by atoms with Crippen molar-refractivity contribution in [1.29, 1.82) is 0 Å². The standard InChI is InChI=1S/C19H27N5O/c1-6-24(7-2)15-8-9-16(14(5)12-15)22-18(25)17-10-11-20-19(23-17)21-13(3)4/h8-13H,6-7H2,1-5H3,(H,22,25)(H,20,21,23). The molecule has 1 heterocycles. The van der Waals surface area contributed by atoms with Gasteiger partial charge in [-0.1, -0.05) is 0 Å². The van der Waals surface area contributed by atoms with E-state index in [0.717, 1.165) is 30.0 Å². The van der Waals surface area contributed by atoms with E-state index in [2.05, 4.69) is 45.4 Å². The van der Waals surface area contributed by atoms with Crippen molar-refractivity contribution in [3.63, 3.8) is 0 Å². The van der Waals surface area contributed by atoms with Crippen LogP contribution in [0.25, 0.3) is 0 Å². The monoisotopic (exact) mass is 341 g/mol. The van der Waals surface area contributed by atoms with Gasteiger partial charge in [-0.25, -0.2) is 9.97 Å². The molecule has 25 heavy (non-hydrogen) atoms. The highest BCUT2D eigenvalue weighted by Gasteiger charge is 2.12. The third-order valence-electron chi connectivity index (χ3n) is 3.89. The summed E-state index contributed by atoms with van der Waals surface area (Å²) in [6.45, 7) is 12.2. The molecule has 0 saturated carbocycles. The Kier molecular flexibility index (Phi) is 6.33. The summed E-state index contributed by atoms with van der Waals surface area (Å²) in [7, 11) is 0. The topological polar surface area (TPSA) is 70.2 Å². The summed E-state index contributed by atoms with van der Waals surface area (Å²) in [5, 5.41) is 6.03. The van der Waals surface area contributed by atoms with Crippen LogP contribution in [0.1, 0.15) is 43.7 Å². The van der Waals surface area contributed by atoms with Crippen molar-refractivity contribution in [3.05, 3.63) is 41.7 Å². The Balaban J connectivity index is 2.15. The Labute approximate surface area is 149 Å². The number of benzene rings is 1. The Bertz CT molecular complexity index is 726. The Morgan fingerprint density at radius 2 is 1.92 bits per heavy atom. The van der Waals surface area contributed by atoms with Gasteiger partial charge < -0.3 is 15.5 Å². The number of aryl methyl sites for hydroxylation is 1. The third-order valence-corrected chi connectivity index (χ3v) is 3.89. The van der Waals surface area contributed by atoms with Crippen LogP contribution in [0.4, 0.5) is 17.3 Å². The minimum absolute atomic E-state index is 0.202. The molecule has 0 fully saturated rings. The normalized spacial score (nSPS) is 10.6. The Morgan fingerprint density at radius 1 is 1.20 bits per heavy atom. The fourth-order valence-corrected chi connectivity index (χ4v) is 2.57. The van der Waals surface area contributed by atoms with Crippen LogP contribution in [0.15, 0.2) is 30.5 Å². The molecule has 2 N–H and O–H groups in total. The number of amides is 1. The van der Waals surface area contributed by atoms with Crippen molar-refractivity contribution in [1.82, 2.24) is 9.97 Å². The average molecular weight is 341 g/mol. The van der Waals surface area contributed by atoms with Gasteiger partial charge in [-0.05, 0) is 64.4 Å². The molecule has 0 spiro atoms. The maximum Gasteiger partial charge on any atom is 0.274 e. The minimum atomic E-state index is -0.243. The second-order valence-electron chi connectivity index (χ2n) is 6.19. The van der Waals surface area contributed by atoms with Gasteiger partial charge in [0.1, 0.15) is 5.69 Å². The molecule has 1 amide bonds. The van der Waals surface area contributed by atoms with E-state index >= 15 is 0 Å². The van der Waals surface area contributed by atoms with Gasteiger partial charge in [0.25, 0.3) is 5.91 Å². The molecule has 0 saturated heterocycles. The summed E-state index contributed by atoms with van der Waals surface area (Å²) in [4.78, 5) is 23.2. The van der Waals surface area contributed by atoms with E-state index < -0.39 is 0 Å². The van der Waals surface area contributed by atoms with Gasteiger partial charge >= 0.3 is 0 Å². The molecular weight excluding hydrogens is 314 g/mol. The van der Waals surface area contributed by atoms with Crippen LogP contribution >= 0.6 is 0 Å². The van der Waals surface area contributed by atoms with Gasteiger partial charge in [0, 0.05) is 36.7 Å². The summed E-state index contributed by atoms with van der Waals surface area (Å²) in [6.07, 6.45) is 1.59. The molecule has 6 heteroatoms. The summed E-state index contributed by atoms with van der Waals surface area (Å²) in [5.41, 5.74) is 3.31. The summed E-state index contributed by atoms with van der Waals surface area (Å²) in [5.74, 6) is 0.212. The zero-order valence-electron chi connectivity index (χ0n) is 15.6. The molecule has 0 unspecified atom stereocenters. The first-order valence-corrected chi connectivity index (χ1v) is 8.71. The molecule has 0 aliphatic heterocycles. The lowest BCUT2D eigenvalue weighted by atomic mass is 10.1. The lowest BCUT2D eigenvalue weighted by Crippen LogP contribution is -2.22. The summed E-state index contributed by atoms with van der Waals surface area (Å²) < 4.78 is 0. The van der Waals surface area contributed by atoms with E-state index in [4.69, 9.17) is 0 Å². The predicted molar refractivity (Wildman–Crippen MR) is 103 cm³/mol. The maximum atomic E-state index is 12.5. The molecule has 0 aliphatic rings. The van der Waals surface area contributed by atoms with Crippen LogP contribution in [-0.2, 0) is 0 Å². The number of nitrogens with zero attached hydrogens (tertiary/aromatic N) is 3. The highest BCUT2D eigenvalue weighted by Crippen LogP contribution is 2.23. The van der Waals surface area contributed by atoms with Crippen molar-refractivity contribution < 1.29 is 4.79 Å². The van der Waals surface area contributed by atoms with Gasteiger partial charge in [0.05, 0.1) is 0 Å². The molecule has 2 aromatic rings. The van der Waals surface area contributed by atoms with Gasteiger partial charge in [-0.15, -0.1) is 0 Å². The van der Waals surface area contributed by atoms with E-state index in [1.54, 1.807) is 12.3 Å². The second kappa shape index (κ2) is 8.46. The van der Waals surface area contributed by atoms with Crippen LogP contribution in [0.3, 0.4) is 0 Å². The predicted octanol–water partition coefficient (Wildman–Crippen LogP) is 3.70. The summed E-state index contributed by atoms with van der Waals surface area (Å²) in [6, 6.07) is 7.87. The van der Waals surface area contributed by atoms with Crippen LogP contribution < -0.4 is 15.5 Å². The van der Waals surface area contributed by atoms with Gasteiger partial charge in [-0.3, -0.25) is 4.79 Å². The van der Waals surface area contributed by atoms with Crippen LogP contribution in [0, 0.1) is 6.92 Å². The maximum absolute atomic E-state index is 12.5. The van der Waals surface area contributed by atoms with Crippen molar-refractivity contribution in [3.8, 4) is 0 Å².